The van der Waals surface area contributed by atoms with Crippen LogP contribution in [0.2, 0.25) is 0 Å². The minimum absolute atomic E-state index is 0.108. The summed E-state index contributed by atoms with van der Waals surface area (Å²) >= 11 is 0. The maximum atomic E-state index is 12.5. The van der Waals surface area contributed by atoms with Crippen molar-refractivity contribution >= 4 is 6.09 Å². The summed E-state index contributed by atoms with van der Waals surface area (Å²) in [5.74, 6) is 0.813. The molecule has 0 saturated carbocycles. The van der Waals surface area contributed by atoms with Crippen molar-refractivity contribution in [3.05, 3.63) is 42.0 Å². The number of rotatable bonds is 4. The summed E-state index contributed by atoms with van der Waals surface area (Å²) in [5.41, 5.74) is 0.573. The minimum Gasteiger partial charge on any atom is -0.497 e. The Labute approximate surface area is 132 Å². The van der Waals surface area contributed by atoms with Crippen molar-refractivity contribution in [3.63, 3.8) is 0 Å². The Morgan fingerprint density at radius 1 is 1.27 bits per heavy atom. The van der Waals surface area contributed by atoms with Gasteiger partial charge in [-0.2, -0.15) is 0 Å². The van der Waals surface area contributed by atoms with E-state index in [1.807, 2.05) is 45.0 Å². The molecular formula is C18H25NO3. The number of allylic oxidation sites excluding steroid dienone is 1. The number of hydrogen-bond donors (Lipinski definition) is 0. The zero-order chi connectivity index (χ0) is 16.2. The fraction of sp³-hybridized carbons (Fsp3) is 0.500. The average Bonchev–Trinajstić information content (AvgIpc) is 2.97. The van der Waals surface area contributed by atoms with E-state index in [1.54, 1.807) is 12.0 Å². The van der Waals surface area contributed by atoms with Crippen molar-refractivity contribution in [2.24, 2.45) is 0 Å². The number of hydrogen-bond acceptors (Lipinski definition) is 3. The van der Waals surface area contributed by atoms with Crippen LogP contribution in [0.25, 0.3) is 0 Å². The summed E-state index contributed by atoms with van der Waals surface area (Å²) in [6.07, 6.45) is 5.91. The molecule has 4 heteroatoms. The van der Waals surface area contributed by atoms with Gasteiger partial charge in [0.15, 0.2) is 0 Å². The molecule has 1 amide bonds. The Morgan fingerprint density at radius 2 is 1.95 bits per heavy atom. The Hall–Kier alpha value is -1.97. The molecule has 0 heterocycles. The smallest absolute Gasteiger partial charge is 0.411 e. The van der Waals surface area contributed by atoms with E-state index in [2.05, 4.69) is 12.2 Å². The first-order valence-corrected chi connectivity index (χ1v) is 7.68. The molecule has 0 N–H and O–H groups in total. The molecule has 0 radical (unpaired) electrons. The summed E-state index contributed by atoms with van der Waals surface area (Å²) in [4.78, 5) is 14.3. The van der Waals surface area contributed by atoms with E-state index in [4.69, 9.17) is 9.47 Å². The lowest BCUT2D eigenvalue weighted by Gasteiger charge is -2.31. The maximum Gasteiger partial charge on any atom is 0.411 e. The summed E-state index contributed by atoms with van der Waals surface area (Å²) in [5, 5.41) is 0. The first-order valence-electron chi connectivity index (χ1n) is 7.68. The van der Waals surface area contributed by atoms with Gasteiger partial charge in [0.2, 0.25) is 0 Å². The van der Waals surface area contributed by atoms with Crippen LogP contribution < -0.4 is 4.74 Å². The van der Waals surface area contributed by atoms with Gasteiger partial charge in [-0.3, -0.25) is 4.90 Å². The SMILES string of the molecule is COc1ccc(CN(C(=O)OC(C)(C)C)[C@@H]2C=CCC2)cc1. The van der Waals surface area contributed by atoms with Crippen molar-refractivity contribution in [2.75, 3.05) is 7.11 Å². The lowest BCUT2D eigenvalue weighted by atomic mass is 10.1. The second-order valence-corrected chi connectivity index (χ2v) is 6.53. The average molecular weight is 303 g/mol. The van der Waals surface area contributed by atoms with Crippen LogP contribution >= 0.6 is 0 Å². The second kappa shape index (κ2) is 6.86. The number of carbonyl (C=O) groups is 1. The highest BCUT2D eigenvalue weighted by atomic mass is 16.6. The van der Waals surface area contributed by atoms with Gasteiger partial charge in [0, 0.05) is 6.54 Å². The number of benzene rings is 1. The first kappa shape index (κ1) is 16.4. The van der Waals surface area contributed by atoms with E-state index < -0.39 is 5.60 Å². The highest BCUT2D eigenvalue weighted by Gasteiger charge is 2.28. The topological polar surface area (TPSA) is 38.8 Å². The molecule has 1 aromatic rings. The number of carbonyl (C=O) groups excluding carboxylic acids is 1. The van der Waals surface area contributed by atoms with Crippen LogP contribution in [-0.4, -0.2) is 29.7 Å². The van der Waals surface area contributed by atoms with Gasteiger partial charge < -0.3 is 9.47 Å². The van der Waals surface area contributed by atoms with Crippen LogP contribution in [0.15, 0.2) is 36.4 Å². The third-order valence-electron chi connectivity index (χ3n) is 3.53. The third kappa shape index (κ3) is 4.52. The van der Waals surface area contributed by atoms with Crippen LogP contribution in [0.4, 0.5) is 4.79 Å². The predicted octanol–water partition coefficient (Wildman–Crippen LogP) is 4.15. The monoisotopic (exact) mass is 303 g/mol. The fourth-order valence-electron chi connectivity index (χ4n) is 2.44. The van der Waals surface area contributed by atoms with E-state index in [0.717, 1.165) is 24.2 Å². The third-order valence-corrected chi connectivity index (χ3v) is 3.53. The van der Waals surface area contributed by atoms with Crippen molar-refractivity contribution in [1.29, 1.82) is 0 Å². The van der Waals surface area contributed by atoms with E-state index in [0.29, 0.717) is 6.54 Å². The van der Waals surface area contributed by atoms with Gasteiger partial charge >= 0.3 is 6.09 Å². The summed E-state index contributed by atoms with van der Waals surface area (Å²) in [6, 6.07) is 7.89. The van der Waals surface area contributed by atoms with Crippen LogP contribution in [0, 0.1) is 0 Å². The molecule has 0 saturated heterocycles. The molecule has 22 heavy (non-hydrogen) atoms. The molecule has 0 spiro atoms. The van der Waals surface area contributed by atoms with Gasteiger partial charge in [-0.05, 0) is 51.3 Å². The van der Waals surface area contributed by atoms with Gasteiger partial charge in [-0.1, -0.05) is 24.3 Å². The second-order valence-electron chi connectivity index (χ2n) is 6.53. The molecule has 1 atom stereocenters. The van der Waals surface area contributed by atoms with Crippen molar-refractivity contribution in [1.82, 2.24) is 4.90 Å². The summed E-state index contributed by atoms with van der Waals surface area (Å²) in [7, 11) is 1.64. The van der Waals surface area contributed by atoms with Crippen LogP contribution in [0.3, 0.4) is 0 Å². The number of nitrogens with zero attached hydrogens (tertiary/aromatic N) is 1. The Kier molecular flexibility index (Phi) is 5.11. The highest BCUT2D eigenvalue weighted by Crippen LogP contribution is 2.22. The molecule has 2 rings (SSSR count). The summed E-state index contributed by atoms with van der Waals surface area (Å²) < 4.78 is 10.7. The molecule has 0 bridgehead atoms. The molecule has 0 unspecified atom stereocenters. The zero-order valence-electron chi connectivity index (χ0n) is 13.8. The van der Waals surface area contributed by atoms with E-state index >= 15 is 0 Å². The van der Waals surface area contributed by atoms with Gasteiger partial charge in [-0.15, -0.1) is 0 Å². The lowest BCUT2D eigenvalue weighted by Crippen LogP contribution is -2.41. The molecule has 0 fully saturated rings. The lowest BCUT2D eigenvalue weighted by molar-refractivity contribution is 0.0180. The molecule has 1 aliphatic rings. The van der Waals surface area contributed by atoms with Crippen LogP contribution in [0.1, 0.15) is 39.2 Å². The molecule has 0 aliphatic heterocycles. The molecule has 1 aliphatic carbocycles. The quantitative estimate of drug-likeness (QED) is 0.784. The first-order chi connectivity index (χ1) is 10.4. The normalized spacial score (nSPS) is 17.4. The molecular weight excluding hydrogens is 278 g/mol. The maximum absolute atomic E-state index is 12.5. The zero-order valence-corrected chi connectivity index (χ0v) is 13.8. The Balaban J connectivity index is 2.13. The summed E-state index contributed by atoms with van der Waals surface area (Å²) in [6.45, 7) is 6.21. The van der Waals surface area contributed by atoms with Gasteiger partial charge in [0.1, 0.15) is 11.4 Å². The standard InChI is InChI=1S/C18H25NO3/c1-18(2,3)22-17(20)19(15-7-5-6-8-15)13-14-9-11-16(21-4)12-10-14/h5,7,9-12,15H,6,8,13H2,1-4H3/t15-/m1/s1. The van der Waals surface area contributed by atoms with Crippen LogP contribution in [-0.2, 0) is 11.3 Å². The van der Waals surface area contributed by atoms with Gasteiger partial charge in [0.25, 0.3) is 0 Å². The van der Waals surface area contributed by atoms with Gasteiger partial charge in [0.05, 0.1) is 13.2 Å². The minimum atomic E-state index is -0.489. The molecule has 1 aromatic carbocycles. The van der Waals surface area contributed by atoms with Crippen molar-refractivity contribution < 1.29 is 14.3 Å². The molecule has 120 valence electrons. The fourth-order valence-corrected chi connectivity index (χ4v) is 2.44. The Morgan fingerprint density at radius 3 is 2.45 bits per heavy atom. The highest BCUT2D eigenvalue weighted by molar-refractivity contribution is 5.69. The number of amides is 1. The van der Waals surface area contributed by atoms with Crippen LogP contribution in [0.5, 0.6) is 5.75 Å². The molecule has 0 aromatic heterocycles. The largest absolute Gasteiger partial charge is 0.497 e. The Bertz CT molecular complexity index is 528. The predicted molar refractivity (Wildman–Crippen MR) is 86.9 cm³/mol. The van der Waals surface area contributed by atoms with E-state index in [1.165, 1.54) is 0 Å². The number of ether oxygens (including phenoxy) is 2. The van der Waals surface area contributed by atoms with E-state index in [9.17, 15) is 4.79 Å². The molecule has 4 nitrogen and oxygen atoms in total. The number of methoxy groups -OCH3 is 1. The van der Waals surface area contributed by atoms with E-state index in [-0.39, 0.29) is 12.1 Å². The van der Waals surface area contributed by atoms with Crippen molar-refractivity contribution in [2.45, 2.75) is 51.8 Å². The van der Waals surface area contributed by atoms with Gasteiger partial charge in [-0.25, -0.2) is 4.79 Å². The van der Waals surface area contributed by atoms with Crippen molar-refractivity contribution in [3.8, 4) is 5.75 Å².